The summed E-state index contributed by atoms with van der Waals surface area (Å²) in [6.45, 7) is 6.02. The molecule has 1 aromatic heterocycles. The van der Waals surface area contributed by atoms with E-state index in [4.69, 9.17) is 0 Å². The Balaban J connectivity index is 1.60. The number of carbonyl (C=O) groups is 1. The Morgan fingerprint density at radius 3 is 3.17 bits per heavy atom. The number of nitrogens with one attached hydrogen (secondary N) is 1. The smallest absolute Gasteiger partial charge is 0.251 e. The van der Waals surface area contributed by atoms with Crippen molar-refractivity contribution in [2.75, 3.05) is 26.2 Å². The Hall–Kier alpha value is -2.20. The van der Waals surface area contributed by atoms with E-state index < -0.39 is 0 Å². The summed E-state index contributed by atoms with van der Waals surface area (Å²) in [6.07, 6.45) is 8.44. The van der Waals surface area contributed by atoms with Gasteiger partial charge in [-0.15, -0.1) is 0 Å². The van der Waals surface area contributed by atoms with Crippen molar-refractivity contribution in [2.45, 2.75) is 19.8 Å². The Labute approximate surface area is 143 Å². The molecule has 0 bridgehead atoms. The summed E-state index contributed by atoms with van der Waals surface area (Å²) in [5.74, 6) is 0.528. The monoisotopic (exact) mass is 323 g/mol. The largest absolute Gasteiger partial charge is 0.352 e. The predicted octanol–water partition coefficient (Wildman–Crippen LogP) is 3.25. The van der Waals surface area contributed by atoms with E-state index in [1.165, 1.54) is 12.8 Å². The highest BCUT2D eigenvalue weighted by Gasteiger charge is 2.20. The lowest BCUT2D eigenvalue weighted by Crippen LogP contribution is -2.41. The summed E-state index contributed by atoms with van der Waals surface area (Å²) in [5, 5.41) is 4.04. The quantitative estimate of drug-likeness (QED) is 0.859. The van der Waals surface area contributed by atoms with Crippen molar-refractivity contribution in [1.82, 2.24) is 15.2 Å². The van der Waals surface area contributed by atoms with E-state index in [1.807, 2.05) is 30.3 Å². The number of hydrogen-bond acceptors (Lipinski definition) is 3. The minimum Gasteiger partial charge on any atom is -0.352 e. The van der Waals surface area contributed by atoms with Crippen LogP contribution in [0.15, 0.2) is 48.7 Å². The van der Waals surface area contributed by atoms with Gasteiger partial charge in [0.25, 0.3) is 5.91 Å². The summed E-state index contributed by atoms with van der Waals surface area (Å²) in [5.41, 5.74) is 1.57. The van der Waals surface area contributed by atoms with Crippen LogP contribution in [-0.2, 0) is 0 Å². The predicted molar refractivity (Wildman–Crippen MR) is 98.1 cm³/mol. The Morgan fingerprint density at radius 2 is 2.29 bits per heavy atom. The van der Waals surface area contributed by atoms with Gasteiger partial charge < -0.3 is 5.32 Å². The van der Waals surface area contributed by atoms with Crippen LogP contribution in [0.1, 0.15) is 30.1 Å². The molecule has 1 aliphatic rings. The first-order chi connectivity index (χ1) is 11.8. The SMILES string of the molecule is C/C=C/CN1CCCC(CNC(=O)c2cccc3ncccc23)C1. The van der Waals surface area contributed by atoms with Crippen LogP contribution in [0.25, 0.3) is 10.9 Å². The molecule has 2 heterocycles. The zero-order chi connectivity index (χ0) is 16.8. The van der Waals surface area contributed by atoms with Crippen LogP contribution in [0.2, 0.25) is 0 Å². The number of likely N-dealkylation sites (tertiary alicyclic amines) is 1. The van der Waals surface area contributed by atoms with Crippen LogP contribution in [0.3, 0.4) is 0 Å². The molecule has 4 nitrogen and oxygen atoms in total. The third kappa shape index (κ3) is 4.01. The number of aromatic nitrogens is 1. The van der Waals surface area contributed by atoms with Crippen LogP contribution in [0.5, 0.6) is 0 Å². The molecule has 0 radical (unpaired) electrons. The molecule has 0 saturated carbocycles. The van der Waals surface area contributed by atoms with Crippen LogP contribution in [-0.4, -0.2) is 42.0 Å². The number of nitrogens with zero attached hydrogens (tertiary/aromatic N) is 2. The van der Waals surface area contributed by atoms with E-state index in [0.717, 1.165) is 37.1 Å². The molecule has 1 aliphatic heterocycles. The molecule has 1 amide bonds. The molecule has 0 aliphatic carbocycles. The van der Waals surface area contributed by atoms with Crippen molar-refractivity contribution in [2.24, 2.45) is 5.92 Å². The molecule has 1 fully saturated rings. The number of amides is 1. The molecular weight excluding hydrogens is 298 g/mol. The number of benzene rings is 1. The summed E-state index contributed by atoms with van der Waals surface area (Å²) in [4.78, 5) is 19.4. The zero-order valence-corrected chi connectivity index (χ0v) is 14.2. The van der Waals surface area contributed by atoms with Gasteiger partial charge in [0.2, 0.25) is 0 Å². The maximum atomic E-state index is 12.6. The molecular formula is C20H25N3O. The molecule has 2 aromatic rings. The summed E-state index contributed by atoms with van der Waals surface area (Å²) >= 11 is 0. The fraction of sp³-hybridized carbons (Fsp3) is 0.400. The number of carbonyl (C=O) groups excluding carboxylic acids is 1. The van der Waals surface area contributed by atoms with E-state index >= 15 is 0 Å². The van der Waals surface area contributed by atoms with Crippen molar-refractivity contribution >= 4 is 16.8 Å². The normalized spacial score (nSPS) is 19.0. The van der Waals surface area contributed by atoms with Gasteiger partial charge in [-0.25, -0.2) is 0 Å². The van der Waals surface area contributed by atoms with Crippen LogP contribution in [0.4, 0.5) is 0 Å². The standard InChI is InChI=1S/C20H25N3O/c1-2-3-12-23-13-6-7-16(15-23)14-22-20(24)18-8-4-10-19-17(18)9-5-11-21-19/h2-5,8-11,16H,6-7,12-15H2,1H3,(H,22,24)/b3-2+. The fourth-order valence-electron chi connectivity index (χ4n) is 3.37. The van der Waals surface area contributed by atoms with Crippen molar-refractivity contribution in [3.63, 3.8) is 0 Å². The molecule has 1 unspecified atom stereocenters. The highest BCUT2D eigenvalue weighted by atomic mass is 16.1. The highest BCUT2D eigenvalue weighted by molar-refractivity contribution is 6.06. The number of fused-ring (bicyclic) bond motifs is 1. The maximum absolute atomic E-state index is 12.6. The molecule has 1 aromatic carbocycles. The van der Waals surface area contributed by atoms with Gasteiger partial charge in [-0.1, -0.05) is 24.3 Å². The lowest BCUT2D eigenvalue weighted by Gasteiger charge is -2.32. The van der Waals surface area contributed by atoms with Crippen molar-refractivity contribution in [3.8, 4) is 0 Å². The van der Waals surface area contributed by atoms with Crippen LogP contribution < -0.4 is 5.32 Å². The lowest BCUT2D eigenvalue weighted by molar-refractivity contribution is 0.0936. The van der Waals surface area contributed by atoms with Crippen LogP contribution >= 0.6 is 0 Å². The minimum absolute atomic E-state index is 0.000762. The lowest BCUT2D eigenvalue weighted by atomic mass is 9.97. The molecule has 24 heavy (non-hydrogen) atoms. The first-order valence-corrected chi connectivity index (χ1v) is 8.73. The Kier molecular flexibility index (Phi) is 5.59. The van der Waals surface area contributed by atoms with E-state index in [9.17, 15) is 4.79 Å². The third-order valence-corrected chi connectivity index (χ3v) is 4.64. The first kappa shape index (κ1) is 16.7. The second kappa shape index (κ2) is 8.06. The van der Waals surface area contributed by atoms with E-state index in [2.05, 4.69) is 34.3 Å². The van der Waals surface area contributed by atoms with E-state index in [-0.39, 0.29) is 5.91 Å². The summed E-state index contributed by atoms with van der Waals surface area (Å²) < 4.78 is 0. The highest BCUT2D eigenvalue weighted by Crippen LogP contribution is 2.18. The van der Waals surface area contributed by atoms with E-state index in [1.54, 1.807) is 6.20 Å². The average Bonchev–Trinajstić information content (AvgIpc) is 2.64. The first-order valence-electron chi connectivity index (χ1n) is 8.73. The van der Waals surface area contributed by atoms with Gasteiger partial charge in [-0.05, 0) is 50.4 Å². The van der Waals surface area contributed by atoms with Crippen LogP contribution in [0, 0.1) is 5.92 Å². The number of piperidine rings is 1. The number of rotatable bonds is 5. The molecule has 1 N–H and O–H groups in total. The van der Waals surface area contributed by atoms with Crippen molar-refractivity contribution in [3.05, 3.63) is 54.2 Å². The maximum Gasteiger partial charge on any atom is 0.251 e. The Morgan fingerprint density at radius 1 is 1.38 bits per heavy atom. The summed E-state index contributed by atoms with van der Waals surface area (Å²) in [6, 6.07) is 9.53. The van der Waals surface area contributed by atoms with Gasteiger partial charge in [-0.3, -0.25) is 14.7 Å². The molecule has 1 saturated heterocycles. The molecule has 4 heteroatoms. The van der Waals surface area contributed by atoms with Gasteiger partial charge in [0.1, 0.15) is 0 Å². The van der Waals surface area contributed by atoms with E-state index in [0.29, 0.717) is 11.5 Å². The minimum atomic E-state index is -0.000762. The topological polar surface area (TPSA) is 45.2 Å². The number of hydrogen-bond donors (Lipinski definition) is 1. The second-order valence-electron chi connectivity index (χ2n) is 6.42. The number of allylic oxidation sites excluding steroid dienone is 1. The zero-order valence-electron chi connectivity index (χ0n) is 14.2. The third-order valence-electron chi connectivity index (χ3n) is 4.64. The average molecular weight is 323 g/mol. The van der Waals surface area contributed by atoms with Gasteiger partial charge in [0, 0.05) is 36.8 Å². The molecule has 126 valence electrons. The van der Waals surface area contributed by atoms with Gasteiger partial charge in [0.05, 0.1) is 5.52 Å². The van der Waals surface area contributed by atoms with Gasteiger partial charge in [-0.2, -0.15) is 0 Å². The molecule has 3 rings (SSSR count). The summed E-state index contributed by atoms with van der Waals surface area (Å²) in [7, 11) is 0. The fourth-order valence-corrected chi connectivity index (χ4v) is 3.37. The Bertz CT molecular complexity index is 720. The number of pyridine rings is 1. The molecule has 0 spiro atoms. The van der Waals surface area contributed by atoms with Crippen molar-refractivity contribution < 1.29 is 4.79 Å². The van der Waals surface area contributed by atoms with Gasteiger partial charge in [0.15, 0.2) is 0 Å². The second-order valence-corrected chi connectivity index (χ2v) is 6.42. The molecule has 1 atom stereocenters. The van der Waals surface area contributed by atoms with Gasteiger partial charge >= 0.3 is 0 Å². The van der Waals surface area contributed by atoms with Crippen molar-refractivity contribution in [1.29, 1.82) is 0 Å².